The van der Waals surface area contributed by atoms with Crippen molar-refractivity contribution in [3.63, 3.8) is 0 Å². The lowest BCUT2D eigenvalue weighted by Crippen LogP contribution is -2.00. The van der Waals surface area contributed by atoms with Gasteiger partial charge in [0.2, 0.25) is 5.89 Å². The number of hydrogen-bond acceptors (Lipinski definition) is 5. The molecule has 0 radical (unpaired) electrons. The number of aromatic nitrogens is 5. The van der Waals surface area contributed by atoms with Crippen LogP contribution in [0.3, 0.4) is 0 Å². The Labute approximate surface area is 299 Å². The fourth-order valence-corrected chi connectivity index (χ4v) is 7.04. The Morgan fingerprint density at radius 2 is 0.962 bits per heavy atom. The first kappa shape index (κ1) is 29.7. The van der Waals surface area contributed by atoms with Gasteiger partial charge in [0, 0.05) is 38.7 Å². The topological polar surface area (TPSA) is 69.6 Å². The van der Waals surface area contributed by atoms with Crippen LogP contribution in [-0.2, 0) is 0 Å². The predicted molar refractivity (Wildman–Crippen MR) is 209 cm³/mol. The van der Waals surface area contributed by atoms with Gasteiger partial charge in [-0.2, -0.15) is 0 Å². The molecule has 0 N–H and O–H groups in total. The number of para-hydroxylation sites is 3. The minimum atomic E-state index is 0.619. The van der Waals surface area contributed by atoms with Gasteiger partial charge in [-0.25, -0.2) is 19.9 Å². The first-order chi connectivity index (χ1) is 25.8. The van der Waals surface area contributed by atoms with Crippen molar-refractivity contribution in [3.05, 3.63) is 176 Å². The molecule has 3 heterocycles. The van der Waals surface area contributed by atoms with Crippen molar-refractivity contribution >= 4 is 32.9 Å². The molecule has 52 heavy (non-hydrogen) atoms. The fraction of sp³-hybridized carbons (Fsp3) is 0. The maximum absolute atomic E-state index is 6.27. The van der Waals surface area contributed by atoms with E-state index >= 15 is 0 Å². The molecule has 10 rings (SSSR count). The highest BCUT2D eigenvalue weighted by Crippen LogP contribution is 2.39. The minimum Gasteiger partial charge on any atom is -0.436 e. The van der Waals surface area contributed by atoms with Crippen LogP contribution in [0.25, 0.3) is 95.3 Å². The molecule has 0 unspecified atom stereocenters. The second-order valence-corrected chi connectivity index (χ2v) is 12.7. The second kappa shape index (κ2) is 12.3. The first-order valence-corrected chi connectivity index (χ1v) is 17.2. The molecule has 0 saturated heterocycles. The second-order valence-electron chi connectivity index (χ2n) is 12.7. The van der Waals surface area contributed by atoms with Gasteiger partial charge >= 0.3 is 0 Å². The number of rotatable bonds is 6. The predicted octanol–water partition coefficient (Wildman–Crippen LogP) is 11.4. The van der Waals surface area contributed by atoms with E-state index in [1.54, 1.807) is 0 Å². The van der Waals surface area contributed by atoms with Crippen molar-refractivity contribution in [2.24, 2.45) is 0 Å². The Morgan fingerprint density at radius 3 is 1.67 bits per heavy atom. The van der Waals surface area contributed by atoms with E-state index in [0.717, 1.165) is 72.0 Å². The van der Waals surface area contributed by atoms with Gasteiger partial charge in [0.1, 0.15) is 5.52 Å². The molecule has 0 aliphatic carbocycles. The lowest BCUT2D eigenvalue weighted by atomic mass is 10.0. The Bertz CT molecular complexity index is 2800. The van der Waals surface area contributed by atoms with Crippen molar-refractivity contribution in [3.8, 4) is 62.4 Å². The molecule has 0 bridgehead atoms. The molecule has 0 fully saturated rings. The van der Waals surface area contributed by atoms with Crippen LogP contribution in [0.4, 0.5) is 0 Å². The molecule has 0 atom stereocenters. The zero-order chi connectivity index (χ0) is 34.4. The maximum Gasteiger partial charge on any atom is 0.228 e. The summed E-state index contributed by atoms with van der Waals surface area (Å²) in [7, 11) is 0. The lowest BCUT2D eigenvalue weighted by Gasteiger charge is -2.11. The molecule has 10 aromatic rings. The molecule has 6 nitrogen and oxygen atoms in total. The van der Waals surface area contributed by atoms with Crippen LogP contribution in [0.2, 0.25) is 0 Å². The van der Waals surface area contributed by atoms with Crippen molar-refractivity contribution in [2.45, 2.75) is 0 Å². The molecule has 0 amide bonds. The number of fused-ring (bicyclic) bond motifs is 4. The van der Waals surface area contributed by atoms with Gasteiger partial charge < -0.3 is 8.98 Å². The third kappa shape index (κ3) is 5.13. The molecule has 0 spiro atoms. The fourth-order valence-electron chi connectivity index (χ4n) is 7.04. The Morgan fingerprint density at radius 1 is 0.404 bits per heavy atom. The van der Waals surface area contributed by atoms with Crippen LogP contribution in [0.1, 0.15) is 0 Å². The van der Waals surface area contributed by atoms with Crippen molar-refractivity contribution in [2.75, 3.05) is 0 Å². The van der Waals surface area contributed by atoms with E-state index in [1.165, 1.54) is 0 Å². The molecule has 244 valence electrons. The molecule has 3 aromatic heterocycles. The van der Waals surface area contributed by atoms with Gasteiger partial charge in [0.15, 0.2) is 23.1 Å². The van der Waals surface area contributed by atoms with E-state index in [1.807, 2.05) is 84.9 Å². The number of hydrogen-bond donors (Lipinski definition) is 0. The van der Waals surface area contributed by atoms with Crippen LogP contribution in [-0.4, -0.2) is 24.5 Å². The monoisotopic (exact) mass is 667 g/mol. The van der Waals surface area contributed by atoms with Crippen molar-refractivity contribution < 1.29 is 4.42 Å². The van der Waals surface area contributed by atoms with E-state index < -0.39 is 0 Å². The third-order valence-electron chi connectivity index (χ3n) is 9.50. The summed E-state index contributed by atoms with van der Waals surface area (Å²) in [4.78, 5) is 19.5. The summed E-state index contributed by atoms with van der Waals surface area (Å²) < 4.78 is 8.60. The van der Waals surface area contributed by atoms with E-state index in [2.05, 4.69) is 95.6 Å². The number of benzene rings is 7. The number of nitrogens with zero attached hydrogens (tertiary/aromatic N) is 5. The maximum atomic E-state index is 6.27. The number of oxazole rings is 1. The molecular weight excluding hydrogens is 639 g/mol. The largest absolute Gasteiger partial charge is 0.436 e. The van der Waals surface area contributed by atoms with Gasteiger partial charge in [-0.1, -0.05) is 133 Å². The third-order valence-corrected chi connectivity index (χ3v) is 9.50. The highest BCUT2D eigenvalue weighted by Gasteiger charge is 2.19. The molecule has 6 heteroatoms. The zero-order valence-corrected chi connectivity index (χ0v) is 27.9. The lowest BCUT2D eigenvalue weighted by molar-refractivity contribution is 0.620. The van der Waals surface area contributed by atoms with Gasteiger partial charge in [0.25, 0.3) is 0 Å². The summed E-state index contributed by atoms with van der Waals surface area (Å²) in [6.45, 7) is 0. The molecule has 0 saturated carbocycles. The quantitative estimate of drug-likeness (QED) is 0.176. The normalized spacial score (nSPS) is 11.5. The standard InChI is InChI=1S/C46H29N5O/c1-3-13-31(14-4-1)43-48-44(32-15-5-2-6-16-32)50-45(49-43)33-27-25-30(26-28-33)34-17-11-18-35(29-34)51-39-22-9-7-19-36(39)42-37(20-12-23-40(42)51)46-47-38-21-8-10-24-41(38)52-46/h1-29H. The van der Waals surface area contributed by atoms with Gasteiger partial charge in [0.05, 0.1) is 11.0 Å². The summed E-state index contributed by atoms with van der Waals surface area (Å²) in [6.07, 6.45) is 0. The van der Waals surface area contributed by atoms with Crippen LogP contribution in [0, 0.1) is 0 Å². The smallest absolute Gasteiger partial charge is 0.228 e. The SMILES string of the molecule is c1ccc(-c2nc(-c3ccccc3)nc(-c3ccc(-c4cccc(-n5c6ccccc6c6c(-c7nc8ccccc8o7)cccc65)c4)cc3)n2)cc1. The van der Waals surface area contributed by atoms with Crippen LogP contribution in [0.5, 0.6) is 0 Å². The molecular formula is C46H29N5O. The molecule has 0 aliphatic rings. The van der Waals surface area contributed by atoms with E-state index in [4.69, 9.17) is 24.4 Å². The highest BCUT2D eigenvalue weighted by atomic mass is 16.3. The van der Waals surface area contributed by atoms with Gasteiger partial charge in [-0.3, -0.25) is 0 Å². The van der Waals surface area contributed by atoms with Gasteiger partial charge in [-0.05, 0) is 53.6 Å². The molecule has 7 aromatic carbocycles. The van der Waals surface area contributed by atoms with E-state index in [9.17, 15) is 0 Å². The van der Waals surface area contributed by atoms with E-state index in [0.29, 0.717) is 23.4 Å². The Hall–Kier alpha value is -7.18. The van der Waals surface area contributed by atoms with Crippen LogP contribution >= 0.6 is 0 Å². The average molecular weight is 668 g/mol. The Kier molecular flexibility index (Phi) is 7.03. The summed E-state index contributed by atoms with van der Waals surface area (Å²) in [5.74, 6) is 2.54. The summed E-state index contributed by atoms with van der Waals surface area (Å²) in [5, 5.41) is 2.26. The van der Waals surface area contributed by atoms with Crippen molar-refractivity contribution in [1.29, 1.82) is 0 Å². The minimum absolute atomic E-state index is 0.619. The van der Waals surface area contributed by atoms with Crippen LogP contribution in [0.15, 0.2) is 180 Å². The Balaban J connectivity index is 1.05. The van der Waals surface area contributed by atoms with Crippen LogP contribution < -0.4 is 0 Å². The van der Waals surface area contributed by atoms with Crippen molar-refractivity contribution in [1.82, 2.24) is 24.5 Å². The van der Waals surface area contributed by atoms with Gasteiger partial charge in [-0.15, -0.1) is 0 Å². The first-order valence-electron chi connectivity index (χ1n) is 17.2. The summed E-state index contributed by atoms with van der Waals surface area (Å²) in [5.41, 5.74) is 10.9. The van der Waals surface area contributed by atoms with E-state index in [-0.39, 0.29) is 0 Å². The zero-order valence-electron chi connectivity index (χ0n) is 27.9. The summed E-state index contributed by atoms with van der Waals surface area (Å²) >= 11 is 0. The average Bonchev–Trinajstić information content (AvgIpc) is 3.81. The molecule has 0 aliphatic heterocycles. The highest BCUT2D eigenvalue weighted by molar-refractivity contribution is 6.15. The summed E-state index contributed by atoms with van der Waals surface area (Å²) in [6, 6.07) is 60.0.